The van der Waals surface area contributed by atoms with Gasteiger partial charge in [-0.1, -0.05) is 52.4 Å². The van der Waals surface area contributed by atoms with E-state index in [-0.39, 0.29) is 0 Å². The van der Waals surface area contributed by atoms with E-state index in [2.05, 4.69) is 6.92 Å². The van der Waals surface area contributed by atoms with Gasteiger partial charge in [-0.05, 0) is 69.6 Å². The van der Waals surface area contributed by atoms with Gasteiger partial charge in [0.15, 0.2) is 9.84 Å². The molecule has 0 heterocycles. The summed E-state index contributed by atoms with van der Waals surface area (Å²) in [5, 5.41) is 0. The molecule has 2 aliphatic rings. The number of hydrogen-bond acceptors (Lipinski definition) is 2. The van der Waals surface area contributed by atoms with Gasteiger partial charge in [0, 0.05) is 0 Å². The van der Waals surface area contributed by atoms with Crippen LogP contribution in [0.2, 0.25) is 0 Å². The lowest BCUT2D eigenvalue weighted by atomic mass is 9.68. The normalized spacial score (nSPS) is 35.0. The molecule has 0 saturated heterocycles. The van der Waals surface area contributed by atoms with Crippen LogP contribution in [-0.4, -0.2) is 18.9 Å². The van der Waals surface area contributed by atoms with Crippen LogP contribution in [-0.2, 0) is 9.84 Å². The largest absolute Gasteiger partial charge is 0.228 e. The molecule has 3 heteroatoms. The van der Waals surface area contributed by atoms with Gasteiger partial charge < -0.3 is 0 Å². The zero-order valence-corrected chi connectivity index (χ0v) is 17.2. The number of sulfone groups is 1. The van der Waals surface area contributed by atoms with E-state index in [4.69, 9.17) is 0 Å². The first-order valence-corrected chi connectivity index (χ1v) is 12.3. The smallest absolute Gasteiger partial charge is 0.155 e. The third-order valence-corrected chi connectivity index (χ3v) is 9.94. The monoisotopic (exact) mass is 356 g/mol. The second-order valence-corrected chi connectivity index (χ2v) is 11.5. The topological polar surface area (TPSA) is 34.1 Å². The highest BCUT2D eigenvalue weighted by Crippen LogP contribution is 2.45. The average Bonchev–Trinajstić information content (AvgIpc) is 2.56. The Morgan fingerprint density at radius 2 is 1.42 bits per heavy atom. The Morgan fingerprint density at radius 3 is 1.96 bits per heavy atom. The van der Waals surface area contributed by atoms with Crippen LogP contribution in [0.25, 0.3) is 0 Å². The molecule has 2 aliphatic carbocycles. The fourth-order valence-corrected chi connectivity index (χ4v) is 7.07. The van der Waals surface area contributed by atoms with Crippen LogP contribution >= 0.6 is 0 Å². The molecule has 2 rings (SSSR count). The highest BCUT2D eigenvalue weighted by Gasteiger charge is 2.43. The van der Waals surface area contributed by atoms with E-state index in [0.717, 1.165) is 49.9 Å². The molecule has 24 heavy (non-hydrogen) atoms. The molecule has 0 N–H and O–H groups in total. The minimum atomic E-state index is -2.91. The van der Waals surface area contributed by atoms with E-state index in [1.807, 2.05) is 13.8 Å². The second kappa shape index (κ2) is 9.05. The number of hydrogen-bond donors (Lipinski definition) is 0. The fourth-order valence-electron chi connectivity index (χ4n) is 5.18. The maximum absolute atomic E-state index is 12.6. The van der Waals surface area contributed by atoms with Gasteiger partial charge in [-0.3, -0.25) is 0 Å². The Labute approximate surface area is 151 Å². The van der Waals surface area contributed by atoms with Gasteiger partial charge in [0.2, 0.25) is 0 Å². The van der Waals surface area contributed by atoms with Gasteiger partial charge in [0.05, 0.1) is 10.5 Å². The zero-order chi connectivity index (χ0) is 17.6. The van der Waals surface area contributed by atoms with Crippen molar-refractivity contribution in [1.29, 1.82) is 0 Å². The summed E-state index contributed by atoms with van der Waals surface area (Å²) in [5.41, 5.74) is 0. The van der Waals surface area contributed by atoms with Crippen molar-refractivity contribution in [2.24, 2.45) is 17.8 Å². The molecule has 0 radical (unpaired) electrons. The molecule has 0 spiro atoms. The second-order valence-electron chi connectivity index (χ2n) is 8.88. The van der Waals surface area contributed by atoms with E-state index in [0.29, 0.717) is 5.75 Å². The van der Waals surface area contributed by atoms with Crippen LogP contribution in [0.4, 0.5) is 0 Å². The first-order chi connectivity index (χ1) is 11.4. The van der Waals surface area contributed by atoms with Crippen molar-refractivity contribution < 1.29 is 8.42 Å². The summed E-state index contributed by atoms with van der Waals surface area (Å²) in [6.07, 6.45) is 16.1. The van der Waals surface area contributed by atoms with Crippen molar-refractivity contribution in [3.63, 3.8) is 0 Å². The minimum absolute atomic E-state index is 0.372. The van der Waals surface area contributed by atoms with E-state index >= 15 is 0 Å². The molecular formula is C21H40O2S. The average molecular weight is 357 g/mol. The SMILES string of the molecule is CCCCCC1CCC(C2CCC(C)(S(=O)(=O)CCC)CC2)CC1. The highest BCUT2D eigenvalue weighted by atomic mass is 32.2. The zero-order valence-electron chi connectivity index (χ0n) is 16.4. The van der Waals surface area contributed by atoms with Crippen LogP contribution in [0, 0.1) is 17.8 Å². The fraction of sp³-hybridized carbons (Fsp3) is 1.00. The molecule has 0 atom stereocenters. The Morgan fingerprint density at radius 1 is 0.833 bits per heavy atom. The summed E-state index contributed by atoms with van der Waals surface area (Å²) in [4.78, 5) is 0. The van der Waals surface area contributed by atoms with Crippen molar-refractivity contribution in [3.8, 4) is 0 Å². The van der Waals surface area contributed by atoms with Gasteiger partial charge in [0.1, 0.15) is 0 Å². The van der Waals surface area contributed by atoms with Crippen molar-refractivity contribution in [1.82, 2.24) is 0 Å². The van der Waals surface area contributed by atoms with E-state index in [1.54, 1.807) is 0 Å². The van der Waals surface area contributed by atoms with E-state index in [1.165, 1.54) is 51.4 Å². The Bertz CT molecular complexity index is 452. The molecule has 2 fully saturated rings. The van der Waals surface area contributed by atoms with Crippen LogP contribution in [0.5, 0.6) is 0 Å². The van der Waals surface area contributed by atoms with Gasteiger partial charge in [-0.15, -0.1) is 0 Å². The molecule has 0 bridgehead atoms. The first kappa shape index (κ1) is 20.3. The van der Waals surface area contributed by atoms with Crippen molar-refractivity contribution >= 4 is 9.84 Å². The van der Waals surface area contributed by atoms with Crippen LogP contribution < -0.4 is 0 Å². The molecule has 0 amide bonds. The lowest BCUT2D eigenvalue weighted by molar-refractivity contribution is 0.151. The summed E-state index contributed by atoms with van der Waals surface area (Å²) in [6.45, 7) is 6.28. The molecule has 142 valence electrons. The summed E-state index contributed by atoms with van der Waals surface area (Å²) in [5.74, 6) is 3.03. The standard InChI is InChI=1S/C21H40O2S/c1-4-6-7-8-18-9-11-19(12-10-18)20-13-15-21(3,16-14-20)24(22,23)17-5-2/h18-20H,4-17H2,1-3H3. The van der Waals surface area contributed by atoms with Crippen molar-refractivity contribution in [2.45, 2.75) is 109 Å². The van der Waals surface area contributed by atoms with Crippen LogP contribution in [0.15, 0.2) is 0 Å². The van der Waals surface area contributed by atoms with E-state index < -0.39 is 14.6 Å². The molecule has 0 unspecified atom stereocenters. The lowest BCUT2D eigenvalue weighted by Gasteiger charge is -2.41. The summed E-state index contributed by atoms with van der Waals surface area (Å²) < 4.78 is 24.7. The Hall–Kier alpha value is -0.0500. The van der Waals surface area contributed by atoms with Gasteiger partial charge >= 0.3 is 0 Å². The minimum Gasteiger partial charge on any atom is -0.228 e. The van der Waals surface area contributed by atoms with Crippen LogP contribution in [0.1, 0.15) is 104 Å². The molecule has 0 aromatic rings. The van der Waals surface area contributed by atoms with Gasteiger partial charge in [-0.25, -0.2) is 8.42 Å². The Balaban J connectivity index is 1.77. The van der Waals surface area contributed by atoms with Crippen LogP contribution in [0.3, 0.4) is 0 Å². The molecule has 0 aromatic heterocycles. The molecule has 2 saturated carbocycles. The van der Waals surface area contributed by atoms with Gasteiger partial charge in [-0.2, -0.15) is 0 Å². The third kappa shape index (κ3) is 4.99. The first-order valence-electron chi connectivity index (χ1n) is 10.6. The molecule has 0 aromatic carbocycles. The quantitative estimate of drug-likeness (QED) is 0.489. The maximum atomic E-state index is 12.6. The lowest BCUT2D eigenvalue weighted by Crippen LogP contribution is -2.42. The Kier molecular flexibility index (Phi) is 7.64. The highest BCUT2D eigenvalue weighted by molar-refractivity contribution is 7.92. The summed E-state index contributed by atoms with van der Waals surface area (Å²) in [7, 11) is -2.91. The van der Waals surface area contributed by atoms with E-state index in [9.17, 15) is 8.42 Å². The predicted octanol–water partition coefficient (Wildman–Crippen LogP) is 6.15. The summed E-state index contributed by atoms with van der Waals surface area (Å²) in [6, 6.07) is 0. The van der Waals surface area contributed by atoms with Crippen molar-refractivity contribution in [3.05, 3.63) is 0 Å². The van der Waals surface area contributed by atoms with Crippen molar-refractivity contribution in [2.75, 3.05) is 5.75 Å². The maximum Gasteiger partial charge on any atom is 0.155 e. The third-order valence-electron chi connectivity index (χ3n) is 7.09. The molecule has 0 aliphatic heterocycles. The van der Waals surface area contributed by atoms with Gasteiger partial charge in [0.25, 0.3) is 0 Å². The summed E-state index contributed by atoms with van der Waals surface area (Å²) >= 11 is 0. The number of rotatable bonds is 8. The number of unbranched alkanes of at least 4 members (excludes halogenated alkanes) is 2. The molecule has 2 nitrogen and oxygen atoms in total. The molecular weight excluding hydrogens is 316 g/mol. The predicted molar refractivity (Wildman–Crippen MR) is 104 cm³/mol.